The van der Waals surface area contributed by atoms with Crippen molar-refractivity contribution in [3.63, 3.8) is 0 Å². The highest BCUT2D eigenvalue weighted by Crippen LogP contribution is 2.46. The van der Waals surface area contributed by atoms with Crippen LogP contribution in [0.15, 0.2) is 24.5 Å². The van der Waals surface area contributed by atoms with Crippen molar-refractivity contribution in [2.75, 3.05) is 12.3 Å². The SMILES string of the molecule is CCCOc1cccc2c1CC(C)(C)c1c(N)ncnc1-2. The van der Waals surface area contributed by atoms with Crippen LogP contribution >= 0.6 is 0 Å². The molecule has 4 nitrogen and oxygen atoms in total. The Bertz CT molecular complexity index is 680. The fourth-order valence-corrected chi connectivity index (χ4v) is 3.12. The van der Waals surface area contributed by atoms with Crippen LogP contribution in [0.4, 0.5) is 5.82 Å². The largest absolute Gasteiger partial charge is 0.493 e. The summed E-state index contributed by atoms with van der Waals surface area (Å²) in [7, 11) is 0. The summed E-state index contributed by atoms with van der Waals surface area (Å²) in [6.07, 6.45) is 3.42. The minimum absolute atomic E-state index is 0.0979. The fraction of sp³-hybridized carbons (Fsp3) is 0.412. The number of hydrogen-bond donors (Lipinski definition) is 1. The molecule has 1 aliphatic rings. The molecule has 0 atom stereocenters. The van der Waals surface area contributed by atoms with Crippen LogP contribution in [-0.4, -0.2) is 16.6 Å². The first-order valence-corrected chi connectivity index (χ1v) is 7.40. The number of ether oxygens (including phenoxy) is 1. The summed E-state index contributed by atoms with van der Waals surface area (Å²) in [5, 5.41) is 0. The molecule has 0 bridgehead atoms. The third-order valence-electron chi connectivity index (χ3n) is 4.02. The fourth-order valence-electron chi connectivity index (χ4n) is 3.12. The molecule has 1 aliphatic carbocycles. The van der Waals surface area contributed by atoms with Gasteiger partial charge in [-0.15, -0.1) is 0 Å². The number of rotatable bonds is 3. The van der Waals surface area contributed by atoms with Crippen molar-refractivity contribution in [3.8, 4) is 17.0 Å². The molecule has 21 heavy (non-hydrogen) atoms. The molecule has 0 amide bonds. The smallest absolute Gasteiger partial charge is 0.131 e. The van der Waals surface area contributed by atoms with Crippen LogP contribution in [0.1, 0.15) is 38.3 Å². The molecule has 1 heterocycles. The van der Waals surface area contributed by atoms with Crippen molar-refractivity contribution in [1.82, 2.24) is 9.97 Å². The lowest BCUT2D eigenvalue weighted by atomic mass is 9.71. The third-order valence-corrected chi connectivity index (χ3v) is 4.02. The highest BCUT2D eigenvalue weighted by Gasteiger charge is 2.35. The molecule has 4 heteroatoms. The van der Waals surface area contributed by atoms with Gasteiger partial charge in [-0.25, -0.2) is 9.97 Å². The maximum absolute atomic E-state index is 6.11. The van der Waals surface area contributed by atoms with E-state index >= 15 is 0 Å². The minimum Gasteiger partial charge on any atom is -0.493 e. The first-order valence-electron chi connectivity index (χ1n) is 7.40. The van der Waals surface area contributed by atoms with Crippen LogP contribution in [-0.2, 0) is 11.8 Å². The zero-order valence-electron chi connectivity index (χ0n) is 12.8. The van der Waals surface area contributed by atoms with E-state index in [0.29, 0.717) is 5.82 Å². The Kier molecular flexibility index (Phi) is 3.32. The summed E-state index contributed by atoms with van der Waals surface area (Å²) in [4.78, 5) is 8.66. The Hall–Kier alpha value is -2.10. The lowest BCUT2D eigenvalue weighted by Gasteiger charge is -2.34. The highest BCUT2D eigenvalue weighted by atomic mass is 16.5. The summed E-state index contributed by atoms with van der Waals surface area (Å²) < 4.78 is 5.92. The van der Waals surface area contributed by atoms with Crippen molar-refractivity contribution in [3.05, 3.63) is 35.7 Å². The molecule has 0 aliphatic heterocycles. The summed E-state index contributed by atoms with van der Waals surface area (Å²) in [5.41, 5.74) is 10.3. The monoisotopic (exact) mass is 283 g/mol. The van der Waals surface area contributed by atoms with E-state index in [1.54, 1.807) is 6.33 Å². The van der Waals surface area contributed by atoms with Crippen LogP contribution in [0.2, 0.25) is 0 Å². The average molecular weight is 283 g/mol. The zero-order chi connectivity index (χ0) is 15.0. The maximum atomic E-state index is 6.11. The van der Waals surface area contributed by atoms with Crippen molar-refractivity contribution >= 4 is 5.82 Å². The second kappa shape index (κ2) is 5.02. The molecule has 0 spiro atoms. The maximum Gasteiger partial charge on any atom is 0.131 e. The lowest BCUT2D eigenvalue weighted by molar-refractivity contribution is 0.311. The normalized spacial score (nSPS) is 15.2. The predicted molar refractivity (Wildman–Crippen MR) is 84.4 cm³/mol. The van der Waals surface area contributed by atoms with Gasteiger partial charge < -0.3 is 10.5 Å². The molecule has 2 aromatic rings. The minimum atomic E-state index is -0.0979. The number of anilines is 1. The summed E-state index contributed by atoms with van der Waals surface area (Å²) >= 11 is 0. The molecule has 1 aromatic heterocycles. The number of nitrogen functional groups attached to an aromatic ring is 1. The van der Waals surface area contributed by atoms with Gasteiger partial charge in [0.1, 0.15) is 17.9 Å². The Morgan fingerprint density at radius 1 is 1.29 bits per heavy atom. The molecule has 0 radical (unpaired) electrons. The van der Waals surface area contributed by atoms with E-state index in [9.17, 15) is 0 Å². The summed E-state index contributed by atoms with van der Waals surface area (Å²) in [6, 6.07) is 6.15. The number of fused-ring (bicyclic) bond motifs is 3. The molecular weight excluding hydrogens is 262 g/mol. The van der Waals surface area contributed by atoms with Gasteiger partial charge in [-0.3, -0.25) is 0 Å². The number of hydrogen-bond acceptors (Lipinski definition) is 4. The van der Waals surface area contributed by atoms with Gasteiger partial charge in [0.05, 0.1) is 12.3 Å². The third kappa shape index (κ3) is 2.24. The zero-order valence-corrected chi connectivity index (χ0v) is 12.8. The van der Waals surface area contributed by atoms with Gasteiger partial charge in [-0.1, -0.05) is 32.9 Å². The first-order chi connectivity index (χ1) is 10.0. The number of benzene rings is 1. The predicted octanol–water partition coefficient (Wildman–Crippen LogP) is 3.35. The van der Waals surface area contributed by atoms with E-state index in [1.807, 2.05) is 12.1 Å². The Labute approximate surface area is 125 Å². The van der Waals surface area contributed by atoms with Gasteiger partial charge >= 0.3 is 0 Å². The van der Waals surface area contributed by atoms with E-state index in [-0.39, 0.29) is 5.41 Å². The Balaban J connectivity index is 2.20. The number of nitrogens with two attached hydrogens (primary N) is 1. The van der Waals surface area contributed by atoms with Gasteiger partial charge in [0, 0.05) is 16.7 Å². The lowest BCUT2D eigenvalue weighted by Crippen LogP contribution is -2.28. The van der Waals surface area contributed by atoms with Gasteiger partial charge in [-0.2, -0.15) is 0 Å². The Morgan fingerprint density at radius 2 is 2.10 bits per heavy atom. The van der Waals surface area contributed by atoms with Crippen molar-refractivity contribution in [1.29, 1.82) is 0 Å². The molecule has 3 rings (SSSR count). The second-order valence-corrected chi connectivity index (χ2v) is 6.17. The van der Waals surface area contributed by atoms with Crippen LogP contribution in [0, 0.1) is 0 Å². The van der Waals surface area contributed by atoms with Crippen molar-refractivity contribution < 1.29 is 4.74 Å². The van der Waals surface area contributed by atoms with Crippen LogP contribution < -0.4 is 10.5 Å². The van der Waals surface area contributed by atoms with E-state index in [2.05, 4.69) is 36.8 Å². The highest BCUT2D eigenvalue weighted by molar-refractivity contribution is 5.77. The summed E-state index contributed by atoms with van der Waals surface area (Å²) in [5.74, 6) is 1.54. The van der Waals surface area contributed by atoms with Gasteiger partial charge in [-0.05, 0) is 24.3 Å². The first kappa shape index (κ1) is 13.9. The van der Waals surface area contributed by atoms with Crippen LogP contribution in [0.25, 0.3) is 11.3 Å². The van der Waals surface area contributed by atoms with Gasteiger partial charge in [0.2, 0.25) is 0 Å². The van der Waals surface area contributed by atoms with E-state index in [1.165, 1.54) is 5.56 Å². The molecule has 0 unspecified atom stereocenters. The average Bonchev–Trinajstić information content (AvgIpc) is 2.44. The van der Waals surface area contributed by atoms with E-state index < -0.39 is 0 Å². The van der Waals surface area contributed by atoms with Crippen LogP contribution in [0.3, 0.4) is 0 Å². The molecule has 0 saturated carbocycles. The molecule has 1 aromatic carbocycles. The molecule has 0 fully saturated rings. The summed E-state index contributed by atoms with van der Waals surface area (Å²) in [6.45, 7) is 7.22. The van der Waals surface area contributed by atoms with Crippen LogP contribution in [0.5, 0.6) is 5.75 Å². The Morgan fingerprint density at radius 3 is 2.86 bits per heavy atom. The van der Waals surface area contributed by atoms with Crippen molar-refractivity contribution in [2.45, 2.75) is 39.0 Å². The van der Waals surface area contributed by atoms with Crippen molar-refractivity contribution in [2.24, 2.45) is 0 Å². The second-order valence-electron chi connectivity index (χ2n) is 6.17. The number of aromatic nitrogens is 2. The topological polar surface area (TPSA) is 61.0 Å². The molecule has 2 N–H and O–H groups in total. The molecule has 110 valence electrons. The van der Waals surface area contributed by atoms with Gasteiger partial charge in [0.25, 0.3) is 0 Å². The van der Waals surface area contributed by atoms with E-state index in [0.717, 1.165) is 42.0 Å². The van der Waals surface area contributed by atoms with Gasteiger partial charge in [0.15, 0.2) is 0 Å². The quantitative estimate of drug-likeness (QED) is 0.938. The number of nitrogens with zero attached hydrogens (tertiary/aromatic N) is 2. The molecule has 0 saturated heterocycles. The molecular formula is C17H21N3O. The standard InChI is InChI=1S/C17H21N3O/c1-4-8-21-13-7-5-6-11-12(13)9-17(2,3)14-15(11)19-10-20-16(14)18/h5-7,10H,4,8-9H2,1-3H3,(H2,18,19,20). The van der Waals surface area contributed by atoms with E-state index in [4.69, 9.17) is 10.5 Å².